The van der Waals surface area contributed by atoms with Crippen LogP contribution in [0.3, 0.4) is 0 Å². The van der Waals surface area contributed by atoms with Gasteiger partial charge in [-0.25, -0.2) is 5.84 Å². The van der Waals surface area contributed by atoms with Crippen molar-refractivity contribution in [1.29, 1.82) is 0 Å². The van der Waals surface area contributed by atoms with Crippen LogP contribution in [-0.4, -0.2) is 18.3 Å². The molecule has 0 heterocycles. The number of aliphatic imine (C=N–C) groups is 1. The van der Waals surface area contributed by atoms with E-state index in [1.54, 1.807) is 18.2 Å². The molecule has 1 amide bonds. The Kier molecular flexibility index (Phi) is 4.07. The Morgan fingerprint density at radius 2 is 2.00 bits per heavy atom. The Morgan fingerprint density at radius 1 is 1.25 bits per heavy atom. The summed E-state index contributed by atoms with van der Waals surface area (Å²) in [4.78, 5) is 15.1. The van der Waals surface area contributed by atoms with Crippen molar-refractivity contribution in [2.45, 2.75) is 0 Å². The highest BCUT2D eigenvalue weighted by Gasteiger charge is 2.11. The summed E-state index contributed by atoms with van der Waals surface area (Å²) in [6.45, 7) is -0.168. The predicted octanol–water partition coefficient (Wildman–Crippen LogP) is 0.771. The van der Waals surface area contributed by atoms with Gasteiger partial charge < -0.3 is 11.5 Å². The van der Waals surface area contributed by atoms with Crippen LogP contribution in [0.15, 0.2) is 35.3 Å². The maximum absolute atomic E-state index is 11.1. The van der Waals surface area contributed by atoms with E-state index >= 15 is 0 Å². The number of carbonyl (C=O) groups is 1. The fourth-order valence-corrected chi connectivity index (χ4v) is 2.14. The van der Waals surface area contributed by atoms with E-state index in [4.69, 9.17) is 28.9 Å². The number of halogens is 1. The lowest BCUT2D eigenvalue weighted by molar-refractivity contribution is -0.119. The molecule has 6 nitrogen and oxygen atoms in total. The van der Waals surface area contributed by atoms with Gasteiger partial charge in [0.25, 0.3) is 5.91 Å². The first kappa shape index (κ1) is 14.1. The van der Waals surface area contributed by atoms with E-state index in [1.165, 1.54) is 0 Å². The van der Waals surface area contributed by atoms with Crippen molar-refractivity contribution in [3.8, 4) is 0 Å². The molecule has 0 bridgehead atoms. The lowest BCUT2D eigenvalue weighted by Gasteiger charge is -2.10. The third-order valence-electron chi connectivity index (χ3n) is 2.85. The van der Waals surface area contributed by atoms with E-state index in [2.05, 4.69) is 4.99 Å². The lowest BCUT2D eigenvalue weighted by Crippen LogP contribution is -2.32. The van der Waals surface area contributed by atoms with E-state index in [0.29, 0.717) is 16.3 Å². The number of benzene rings is 2. The maximum atomic E-state index is 11.1. The largest absolute Gasteiger partial charge is 0.398 e. The Bertz CT molecular complexity index is 698. The number of hydrazine groups is 1. The predicted molar refractivity (Wildman–Crippen MR) is 81.3 cm³/mol. The van der Waals surface area contributed by atoms with E-state index in [0.717, 1.165) is 10.8 Å². The first-order valence-corrected chi connectivity index (χ1v) is 6.19. The van der Waals surface area contributed by atoms with Gasteiger partial charge in [-0.1, -0.05) is 29.8 Å². The molecule has 0 atom stereocenters. The summed E-state index contributed by atoms with van der Waals surface area (Å²) in [5, 5.41) is 2.20. The molecule has 2 aromatic rings. The van der Waals surface area contributed by atoms with Gasteiger partial charge >= 0.3 is 0 Å². The zero-order valence-electron chi connectivity index (χ0n) is 10.6. The summed E-state index contributed by atoms with van der Waals surface area (Å²) in [5.41, 5.74) is 14.9. The number of nitrogen functional groups attached to an aromatic ring is 1. The number of hydrogen-bond acceptors (Lipinski definition) is 4. The van der Waals surface area contributed by atoms with Gasteiger partial charge in [-0.3, -0.25) is 15.2 Å². The van der Waals surface area contributed by atoms with Crippen molar-refractivity contribution in [2.75, 3.05) is 12.3 Å². The summed E-state index contributed by atoms with van der Waals surface area (Å²) >= 11 is 6.13. The standard InChI is InChI=1S/C13H14ClN5O/c14-9-3-1-2-8-7(9)4-5-10(15)12(8)13(16)18-6-11(20)19-17/h1-5H,6,15,17H2,(H2,16,18)(H,19,20). The molecule has 0 spiro atoms. The summed E-state index contributed by atoms with van der Waals surface area (Å²) in [7, 11) is 0. The number of anilines is 1. The second-order valence-electron chi connectivity index (χ2n) is 4.13. The van der Waals surface area contributed by atoms with E-state index in [-0.39, 0.29) is 12.4 Å². The van der Waals surface area contributed by atoms with E-state index < -0.39 is 5.91 Å². The molecule has 20 heavy (non-hydrogen) atoms. The fraction of sp³-hybridized carbons (Fsp3) is 0.0769. The Morgan fingerprint density at radius 3 is 2.70 bits per heavy atom. The summed E-state index contributed by atoms with van der Waals surface area (Å²) in [6.07, 6.45) is 0. The van der Waals surface area contributed by atoms with Crippen molar-refractivity contribution in [1.82, 2.24) is 5.43 Å². The normalized spacial score (nSPS) is 11.6. The van der Waals surface area contributed by atoms with Crippen molar-refractivity contribution in [3.05, 3.63) is 40.9 Å². The van der Waals surface area contributed by atoms with Gasteiger partial charge in [0.05, 0.1) is 0 Å². The third kappa shape index (κ3) is 2.66. The van der Waals surface area contributed by atoms with Crippen LogP contribution in [0, 0.1) is 0 Å². The smallest absolute Gasteiger partial charge is 0.255 e. The number of nitrogens with one attached hydrogen (secondary N) is 1. The second-order valence-corrected chi connectivity index (χ2v) is 4.54. The molecule has 0 radical (unpaired) electrons. The molecule has 104 valence electrons. The van der Waals surface area contributed by atoms with Gasteiger partial charge in [0, 0.05) is 21.7 Å². The van der Waals surface area contributed by atoms with Crippen LogP contribution in [0.5, 0.6) is 0 Å². The molecule has 0 saturated heterocycles. The highest BCUT2D eigenvalue weighted by atomic mass is 35.5. The molecule has 7 N–H and O–H groups in total. The highest BCUT2D eigenvalue weighted by molar-refractivity contribution is 6.36. The number of rotatable bonds is 3. The summed E-state index contributed by atoms with van der Waals surface area (Å²) in [5.74, 6) is 4.71. The van der Waals surface area contributed by atoms with Gasteiger partial charge in [-0.15, -0.1) is 0 Å². The van der Waals surface area contributed by atoms with Crippen molar-refractivity contribution in [3.63, 3.8) is 0 Å². The van der Waals surface area contributed by atoms with Crippen LogP contribution in [0.2, 0.25) is 5.02 Å². The zero-order valence-corrected chi connectivity index (χ0v) is 11.3. The van der Waals surface area contributed by atoms with Crippen LogP contribution in [-0.2, 0) is 4.79 Å². The molecule has 0 unspecified atom stereocenters. The molecule has 2 rings (SSSR count). The topological polar surface area (TPSA) is 120 Å². The van der Waals surface area contributed by atoms with E-state index in [9.17, 15) is 4.79 Å². The molecule has 0 aliphatic rings. The number of carbonyl (C=O) groups excluding carboxylic acids is 1. The Balaban J connectivity index is 2.55. The molecular formula is C13H14ClN5O. The molecule has 0 fully saturated rings. The number of nitrogens with zero attached hydrogens (tertiary/aromatic N) is 1. The second kappa shape index (κ2) is 5.77. The fourth-order valence-electron chi connectivity index (χ4n) is 1.90. The van der Waals surface area contributed by atoms with Crippen LogP contribution < -0.4 is 22.7 Å². The van der Waals surface area contributed by atoms with Crippen LogP contribution in [0.1, 0.15) is 5.56 Å². The molecule has 0 saturated carbocycles. The van der Waals surface area contributed by atoms with Gasteiger partial charge in [0.2, 0.25) is 0 Å². The minimum absolute atomic E-state index is 0.166. The molecule has 0 aliphatic heterocycles. The van der Waals surface area contributed by atoms with Gasteiger partial charge in [-0.05, 0) is 17.5 Å². The summed E-state index contributed by atoms with van der Waals surface area (Å²) in [6, 6.07) is 8.94. The van der Waals surface area contributed by atoms with Crippen LogP contribution in [0.4, 0.5) is 5.69 Å². The first-order chi connectivity index (χ1) is 9.54. The van der Waals surface area contributed by atoms with Gasteiger partial charge in [-0.2, -0.15) is 0 Å². The number of fused-ring (bicyclic) bond motifs is 1. The number of hydrogen-bond donors (Lipinski definition) is 4. The van der Waals surface area contributed by atoms with Crippen LogP contribution >= 0.6 is 11.6 Å². The third-order valence-corrected chi connectivity index (χ3v) is 3.18. The molecule has 7 heteroatoms. The monoisotopic (exact) mass is 291 g/mol. The average Bonchev–Trinajstić information content (AvgIpc) is 2.44. The van der Waals surface area contributed by atoms with Crippen molar-refractivity contribution in [2.24, 2.45) is 16.6 Å². The highest BCUT2D eigenvalue weighted by Crippen LogP contribution is 2.29. The Labute approximate surface area is 120 Å². The molecular weight excluding hydrogens is 278 g/mol. The number of amidine groups is 1. The van der Waals surface area contributed by atoms with Crippen molar-refractivity contribution < 1.29 is 4.79 Å². The minimum atomic E-state index is -0.440. The van der Waals surface area contributed by atoms with E-state index in [1.807, 2.05) is 17.6 Å². The van der Waals surface area contributed by atoms with Crippen LogP contribution in [0.25, 0.3) is 10.8 Å². The SMILES string of the molecule is NNC(=O)CN=C(N)c1c(N)ccc2c(Cl)cccc12. The minimum Gasteiger partial charge on any atom is -0.398 e. The average molecular weight is 292 g/mol. The maximum Gasteiger partial charge on any atom is 0.255 e. The molecule has 0 aliphatic carbocycles. The van der Waals surface area contributed by atoms with Crippen molar-refractivity contribution >= 4 is 39.8 Å². The molecule has 2 aromatic carbocycles. The number of amides is 1. The summed E-state index contributed by atoms with van der Waals surface area (Å²) < 4.78 is 0. The molecule has 0 aromatic heterocycles. The first-order valence-electron chi connectivity index (χ1n) is 5.81. The van der Waals surface area contributed by atoms with Gasteiger partial charge in [0.1, 0.15) is 12.4 Å². The quantitative estimate of drug-likeness (QED) is 0.167. The Hall–Kier alpha value is -2.31. The van der Waals surface area contributed by atoms with Gasteiger partial charge in [0.15, 0.2) is 0 Å². The zero-order chi connectivity index (χ0) is 14.7. The number of nitrogens with two attached hydrogens (primary N) is 3. The lowest BCUT2D eigenvalue weighted by atomic mass is 10.0.